The lowest BCUT2D eigenvalue weighted by molar-refractivity contribution is -0.376. The van der Waals surface area contributed by atoms with Crippen molar-refractivity contribution in [1.29, 1.82) is 0 Å². The van der Waals surface area contributed by atoms with Gasteiger partial charge < -0.3 is 4.74 Å². The third-order valence-electron chi connectivity index (χ3n) is 1.87. The molecule has 0 aliphatic heterocycles. The van der Waals surface area contributed by atoms with E-state index in [1.807, 2.05) is 0 Å². The fourth-order valence-electron chi connectivity index (χ4n) is 0.959. The van der Waals surface area contributed by atoms with Crippen molar-refractivity contribution in [2.45, 2.75) is 37.5 Å². The van der Waals surface area contributed by atoms with Crippen molar-refractivity contribution in [1.82, 2.24) is 0 Å². The molecule has 4 nitrogen and oxygen atoms in total. The van der Waals surface area contributed by atoms with Crippen LogP contribution in [-0.4, -0.2) is 36.6 Å². The summed E-state index contributed by atoms with van der Waals surface area (Å²) in [5, 5.41) is -6.21. The molecule has 0 bridgehead atoms. The molecule has 1 N–H and O–H groups in total. The Morgan fingerprint density at radius 1 is 1.00 bits per heavy atom. The Kier molecular flexibility index (Phi) is 4.89. The molecule has 0 aliphatic rings. The Morgan fingerprint density at radius 3 is 1.58 bits per heavy atom. The molecule has 19 heavy (non-hydrogen) atoms. The monoisotopic (exact) mass is 322 g/mol. The number of rotatable bonds is 5. The number of hydrogen-bond acceptors (Lipinski definition) is 3. The normalized spacial score (nSPS) is 16.8. The van der Waals surface area contributed by atoms with Crippen LogP contribution in [0, 0.1) is 5.92 Å². The second-order valence-electron chi connectivity index (χ2n) is 3.83. The van der Waals surface area contributed by atoms with Crippen molar-refractivity contribution in [2.24, 2.45) is 5.92 Å². The third-order valence-corrected chi connectivity index (χ3v) is 2.75. The zero-order valence-corrected chi connectivity index (χ0v) is 10.2. The number of halogens is 7. The summed E-state index contributed by atoms with van der Waals surface area (Å²) in [5.74, 6) is -1.69. The first-order valence-electron chi connectivity index (χ1n) is 4.51. The van der Waals surface area contributed by atoms with E-state index in [2.05, 4.69) is 4.74 Å². The molecule has 0 saturated heterocycles. The van der Waals surface area contributed by atoms with E-state index in [4.69, 9.17) is 4.55 Å². The van der Waals surface area contributed by atoms with Gasteiger partial charge in [-0.25, -0.2) is 0 Å². The van der Waals surface area contributed by atoms with Gasteiger partial charge in [-0.15, -0.1) is 0 Å². The smallest absolute Gasteiger partial charge is 0.301 e. The van der Waals surface area contributed by atoms with Gasteiger partial charge in [0.05, 0.1) is 0 Å². The van der Waals surface area contributed by atoms with Crippen LogP contribution in [0.1, 0.15) is 13.8 Å². The van der Waals surface area contributed by atoms with Gasteiger partial charge in [-0.3, -0.25) is 4.55 Å². The van der Waals surface area contributed by atoms with E-state index >= 15 is 0 Å². The topological polar surface area (TPSA) is 63.6 Å². The maximum absolute atomic E-state index is 12.8. The molecule has 0 aromatic carbocycles. The molecule has 1 unspecified atom stereocenters. The highest BCUT2D eigenvalue weighted by molar-refractivity contribution is 7.86. The first kappa shape index (κ1) is 18.4. The molecule has 0 radical (unpaired) electrons. The molecular formula is C7H9F7O4S. The molecule has 0 rings (SSSR count). The third kappa shape index (κ3) is 3.92. The van der Waals surface area contributed by atoms with Crippen LogP contribution in [0.15, 0.2) is 0 Å². The first-order chi connectivity index (χ1) is 8.04. The van der Waals surface area contributed by atoms with Gasteiger partial charge in [0, 0.05) is 0 Å². The molecule has 0 aromatic heterocycles. The first-order valence-corrected chi connectivity index (χ1v) is 5.95. The highest BCUT2D eigenvalue weighted by Gasteiger charge is 2.69. The minimum Gasteiger partial charge on any atom is -0.301 e. The minimum absolute atomic E-state index is 0.750. The van der Waals surface area contributed by atoms with E-state index in [0.717, 1.165) is 13.8 Å². The summed E-state index contributed by atoms with van der Waals surface area (Å²) in [5.41, 5.74) is 0. The molecule has 0 heterocycles. The lowest BCUT2D eigenvalue weighted by Crippen LogP contribution is -2.53. The van der Waals surface area contributed by atoms with Crippen molar-refractivity contribution < 1.29 is 48.4 Å². The van der Waals surface area contributed by atoms with E-state index in [1.165, 1.54) is 0 Å². The van der Waals surface area contributed by atoms with E-state index in [9.17, 15) is 39.2 Å². The largest absolute Gasteiger partial charge is 0.459 e. The molecule has 116 valence electrons. The van der Waals surface area contributed by atoms with E-state index in [1.54, 1.807) is 0 Å². The summed E-state index contributed by atoms with van der Waals surface area (Å²) >= 11 is 0. The van der Waals surface area contributed by atoms with E-state index in [0.29, 0.717) is 0 Å². The van der Waals surface area contributed by atoms with Crippen molar-refractivity contribution >= 4 is 10.1 Å². The molecule has 1 atom stereocenters. The second-order valence-corrected chi connectivity index (χ2v) is 5.30. The highest BCUT2D eigenvalue weighted by Crippen LogP contribution is 2.43. The zero-order valence-electron chi connectivity index (χ0n) is 9.38. The van der Waals surface area contributed by atoms with Crippen molar-refractivity contribution in [3.05, 3.63) is 0 Å². The van der Waals surface area contributed by atoms with Crippen LogP contribution < -0.4 is 0 Å². The molecular weight excluding hydrogens is 313 g/mol. The van der Waals surface area contributed by atoms with Crippen LogP contribution in [0.5, 0.6) is 0 Å². The maximum Gasteiger partial charge on any atom is 0.459 e. The minimum atomic E-state index is -6.65. The van der Waals surface area contributed by atoms with Crippen LogP contribution >= 0.6 is 0 Å². The molecule has 0 fully saturated rings. The Bertz CT molecular complexity index is 414. The quantitative estimate of drug-likeness (QED) is 0.624. The average Bonchev–Trinajstić information content (AvgIpc) is 2.09. The summed E-state index contributed by atoms with van der Waals surface area (Å²) in [7, 11) is -6.65. The van der Waals surface area contributed by atoms with Gasteiger partial charge in [-0.05, 0) is 5.92 Å². The molecule has 0 aliphatic carbocycles. The van der Waals surface area contributed by atoms with Gasteiger partial charge in [0.25, 0.3) is 0 Å². The summed E-state index contributed by atoms with van der Waals surface area (Å²) in [6.45, 7) is 1.50. The lowest BCUT2D eigenvalue weighted by Gasteiger charge is -2.31. The Morgan fingerprint density at radius 2 is 1.37 bits per heavy atom. The van der Waals surface area contributed by atoms with E-state index < -0.39 is 39.7 Å². The molecule has 0 aromatic rings. The Labute approximate surface area is 103 Å². The fourth-order valence-corrected chi connectivity index (χ4v) is 1.31. The predicted molar refractivity (Wildman–Crippen MR) is 47.2 cm³/mol. The van der Waals surface area contributed by atoms with Gasteiger partial charge >= 0.3 is 27.7 Å². The van der Waals surface area contributed by atoms with Gasteiger partial charge in [-0.1, -0.05) is 13.8 Å². The van der Waals surface area contributed by atoms with Crippen LogP contribution in [0.25, 0.3) is 0 Å². The van der Waals surface area contributed by atoms with Crippen molar-refractivity contribution in [2.75, 3.05) is 0 Å². The SMILES string of the molecule is CC(C)C(OC(F)(F)C(F)(F)S(=O)(=O)O)C(F)(F)F. The zero-order chi connectivity index (χ0) is 15.9. The number of ether oxygens (including phenoxy) is 1. The Balaban J connectivity index is 5.47. The van der Waals surface area contributed by atoms with Gasteiger partial charge in [0.2, 0.25) is 0 Å². The van der Waals surface area contributed by atoms with E-state index in [-0.39, 0.29) is 0 Å². The lowest BCUT2D eigenvalue weighted by atomic mass is 10.1. The van der Waals surface area contributed by atoms with Gasteiger partial charge in [0.15, 0.2) is 6.10 Å². The predicted octanol–water partition coefficient (Wildman–Crippen LogP) is 2.66. The molecule has 0 spiro atoms. The number of alkyl halides is 7. The highest BCUT2D eigenvalue weighted by atomic mass is 32.2. The summed E-state index contributed by atoms with van der Waals surface area (Å²) in [4.78, 5) is 0. The molecule has 0 amide bonds. The second kappa shape index (κ2) is 5.05. The maximum atomic E-state index is 12.8. The summed E-state index contributed by atoms with van der Waals surface area (Å²) in [6.07, 6.45) is -14.8. The average molecular weight is 322 g/mol. The molecule has 12 heteroatoms. The fraction of sp³-hybridized carbons (Fsp3) is 1.00. The van der Waals surface area contributed by atoms with Crippen LogP contribution in [-0.2, 0) is 14.9 Å². The Hall–Kier alpha value is -0.620. The van der Waals surface area contributed by atoms with Crippen LogP contribution in [0.4, 0.5) is 30.7 Å². The van der Waals surface area contributed by atoms with Gasteiger partial charge in [-0.2, -0.15) is 39.2 Å². The van der Waals surface area contributed by atoms with Crippen molar-refractivity contribution in [3.63, 3.8) is 0 Å². The number of hydrogen-bond donors (Lipinski definition) is 1. The van der Waals surface area contributed by atoms with Crippen molar-refractivity contribution in [3.8, 4) is 0 Å². The van der Waals surface area contributed by atoms with Gasteiger partial charge in [0.1, 0.15) is 0 Å². The standard InChI is InChI=1S/C7H9F7O4S/c1-3(2)4(5(8,9)10)18-6(11,12)7(13,14)19(15,16)17/h3-4H,1-2H3,(H,15,16,17). The summed E-state index contributed by atoms with van der Waals surface area (Å²) < 4.78 is 119. The summed E-state index contributed by atoms with van der Waals surface area (Å²) in [6, 6.07) is 0. The molecule has 0 saturated carbocycles. The van der Waals surface area contributed by atoms with Crippen LogP contribution in [0.3, 0.4) is 0 Å². The van der Waals surface area contributed by atoms with Crippen LogP contribution in [0.2, 0.25) is 0 Å².